The number of hydrogen-bond donors (Lipinski definition) is 1. The fourth-order valence-electron chi connectivity index (χ4n) is 2.06. The number of nitrogens with zero attached hydrogens (tertiary/aromatic N) is 2. The minimum Gasteiger partial charge on any atom is -0.352 e. The van der Waals surface area contributed by atoms with E-state index in [1.54, 1.807) is 0 Å². The van der Waals surface area contributed by atoms with E-state index in [4.69, 9.17) is 0 Å². The SMILES string of the molecule is CCNCc1ccnc(N2CCSCC2C)c1. The van der Waals surface area contributed by atoms with Crippen molar-refractivity contribution in [2.24, 2.45) is 0 Å². The molecular weight excluding hydrogens is 230 g/mol. The molecule has 4 heteroatoms. The molecule has 0 spiro atoms. The van der Waals surface area contributed by atoms with Gasteiger partial charge in [0, 0.05) is 36.8 Å². The second-order valence-electron chi connectivity index (χ2n) is 4.42. The van der Waals surface area contributed by atoms with E-state index in [1.807, 2.05) is 18.0 Å². The molecule has 1 aromatic rings. The first kappa shape index (κ1) is 12.7. The van der Waals surface area contributed by atoms with E-state index in [0.29, 0.717) is 6.04 Å². The minimum absolute atomic E-state index is 0.593. The lowest BCUT2D eigenvalue weighted by Crippen LogP contribution is -2.40. The first-order valence-corrected chi connectivity index (χ1v) is 7.46. The molecule has 94 valence electrons. The average molecular weight is 251 g/mol. The molecule has 1 unspecified atom stereocenters. The van der Waals surface area contributed by atoms with Crippen LogP contribution in [0.5, 0.6) is 0 Å². The molecule has 1 aliphatic heterocycles. The van der Waals surface area contributed by atoms with Crippen molar-refractivity contribution < 1.29 is 0 Å². The molecule has 1 fully saturated rings. The molecule has 0 radical (unpaired) electrons. The van der Waals surface area contributed by atoms with Crippen molar-refractivity contribution in [1.82, 2.24) is 10.3 Å². The highest BCUT2D eigenvalue weighted by Crippen LogP contribution is 2.22. The number of pyridine rings is 1. The van der Waals surface area contributed by atoms with Crippen molar-refractivity contribution in [1.29, 1.82) is 0 Å². The third-order valence-corrected chi connectivity index (χ3v) is 4.24. The first-order chi connectivity index (χ1) is 8.31. The van der Waals surface area contributed by atoms with Crippen molar-refractivity contribution in [2.75, 3.05) is 29.5 Å². The summed E-state index contributed by atoms with van der Waals surface area (Å²) in [6.07, 6.45) is 1.93. The fraction of sp³-hybridized carbons (Fsp3) is 0.615. The van der Waals surface area contributed by atoms with Crippen molar-refractivity contribution >= 4 is 17.6 Å². The molecule has 2 heterocycles. The van der Waals surface area contributed by atoms with Crippen LogP contribution in [0.1, 0.15) is 19.4 Å². The van der Waals surface area contributed by atoms with Gasteiger partial charge in [0.25, 0.3) is 0 Å². The van der Waals surface area contributed by atoms with Crippen LogP contribution in [0.25, 0.3) is 0 Å². The second-order valence-corrected chi connectivity index (χ2v) is 5.57. The monoisotopic (exact) mass is 251 g/mol. The van der Waals surface area contributed by atoms with Crippen LogP contribution in [0.3, 0.4) is 0 Å². The van der Waals surface area contributed by atoms with Crippen molar-refractivity contribution in [3.8, 4) is 0 Å². The molecule has 0 saturated carbocycles. The largest absolute Gasteiger partial charge is 0.352 e. The Morgan fingerprint density at radius 1 is 1.59 bits per heavy atom. The standard InChI is InChI=1S/C13H21N3S/c1-3-14-9-12-4-5-15-13(8-12)16-6-7-17-10-11(16)2/h4-5,8,11,14H,3,6-7,9-10H2,1-2H3. The van der Waals surface area contributed by atoms with Gasteiger partial charge in [-0.1, -0.05) is 6.92 Å². The van der Waals surface area contributed by atoms with E-state index in [9.17, 15) is 0 Å². The van der Waals surface area contributed by atoms with Crippen LogP contribution in [0.4, 0.5) is 5.82 Å². The summed E-state index contributed by atoms with van der Waals surface area (Å²) in [5.41, 5.74) is 1.32. The van der Waals surface area contributed by atoms with Crippen LogP contribution in [0.2, 0.25) is 0 Å². The second kappa shape index (κ2) is 6.26. The molecule has 3 nitrogen and oxygen atoms in total. The van der Waals surface area contributed by atoms with Crippen molar-refractivity contribution in [3.05, 3.63) is 23.9 Å². The molecule has 17 heavy (non-hydrogen) atoms. The number of thioether (sulfide) groups is 1. The maximum absolute atomic E-state index is 4.51. The van der Waals surface area contributed by atoms with Gasteiger partial charge in [0.15, 0.2) is 0 Å². The average Bonchev–Trinajstić information content (AvgIpc) is 2.37. The Morgan fingerprint density at radius 2 is 2.47 bits per heavy atom. The van der Waals surface area contributed by atoms with Crippen molar-refractivity contribution in [3.63, 3.8) is 0 Å². The molecular formula is C13H21N3S. The number of nitrogens with one attached hydrogen (secondary N) is 1. The van der Waals surface area contributed by atoms with Gasteiger partial charge < -0.3 is 10.2 Å². The Kier molecular flexibility index (Phi) is 4.68. The highest BCUT2D eigenvalue weighted by Gasteiger charge is 2.19. The van der Waals surface area contributed by atoms with E-state index in [-0.39, 0.29) is 0 Å². The molecule has 0 aromatic carbocycles. The van der Waals surface area contributed by atoms with Gasteiger partial charge >= 0.3 is 0 Å². The van der Waals surface area contributed by atoms with E-state index in [1.165, 1.54) is 17.1 Å². The van der Waals surface area contributed by atoms with Crippen LogP contribution in [0, 0.1) is 0 Å². The molecule has 1 aliphatic rings. The van der Waals surface area contributed by atoms with Gasteiger partial charge in [-0.25, -0.2) is 4.98 Å². The molecule has 0 amide bonds. The Hall–Kier alpha value is -0.740. The number of rotatable bonds is 4. The van der Waals surface area contributed by atoms with Gasteiger partial charge in [0.05, 0.1) is 0 Å². The van der Waals surface area contributed by atoms with Gasteiger partial charge in [-0.15, -0.1) is 0 Å². The maximum atomic E-state index is 4.51. The third kappa shape index (κ3) is 3.36. The van der Waals surface area contributed by atoms with E-state index < -0.39 is 0 Å². The smallest absolute Gasteiger partial charge is 0.129 e. The zero-order valence-corrected chi connectivity index (χ0v) is 11.5. The Labute approximate surface area is 108 Å². The first-order valence-electron chi connectivity index (χ1n) is 6.31. The lowest BCUT2D eigenvalue weighted by molar-refractivity contribution is 0.685. The summed E-state index contributed by atoms with van der Waals surface area (Å²) in [5.74, 6) is 3.55. The van der Waals surface area contributed by atoms with Crippen LogP contribution < -0.4 is 10.2 Å². The topological polar surface area (TPSA) is 28.2 Å². The molecule has 1 saturated heterocycles. The van der Waals surface area contributed by atoms with Crippen LogP contribution in [-0.2, 0) is 6.54 Å². The van der Waals surface area contributed by atoms with Crippen LogP contribution >= 0.6 is 11.8 Å². The quantitative estimate of drug-likeness (QED) is 0.887. The predicted molar refractivity (Wildman–Crippen MR) is 75.8 cm³/mol. The molecule has 1 N–H and O–H groups in total. The summed E-state index contributed by atoms with van der Waals surface area (Å²) in [6, 6.07) is 4.90. The summed E-state index contributed by atoms with van der Waals surface area (Å²) >= 11 is 2.04. The number of anilines is 1. The zero-order valence-electron chi connectivity index (χ0n) is 10.6. The number of aromatic nitrogens is 1. The maximum Gasteiger partial charge on any atom is 0.129 e. The predicted octanol–water partition coefficient (Wildman–Crippen LogP) is 2.13. The van der Waals surface area contributed by atoms with Crippen molar-refractivity contribution in [2.45, 2.75) is 26.4 Å². The fourth-order valence-corrected chi connectivity index (χ4v) is 3.08. The summed E-state index contributed by atoms with van der Waals surface area (Å²) in [7, 11) is 0. The van der Waals surface area contributed by atoms with Gasteiger partial charge in [-0.2, -0.15) is 11.8 Å². The molecule has 0 aliphatic carbocycles. The lowest BCUT2D eigenvalue weighted by Gasteiger charge is -2.34. The number of hydrogen-bond acceptors (Lipinski definition) is 4. The summed E-state index contributed by atoms with van der Waals surface area (Å²) in [4.78, 5) is 6.93. The van der Waals surface area contributed by atoms with Crippen LogP contribution in [-0.4, -0.2) is 35.6 Å². The summed E-state index contributed by atoms with van der Waals surface area (Å²) < 4.78 is 0. The molecule has 2 rings (SSSR count). The molecule has 0 bridgehead atoms. The Morgan fingerprint density at radius 3 is 3.24 bits per heavy atom. The Balaban J connectivity index is 2.08. The zero-order chi connectivity index (χ0) is 12.1. The minimum atomic E-state index is 0.593. The van der Waals surface area contributed by atoms with Gasteiger partial charge in [-0.05, 0) is 31.2 Å². The van der Waals surface area contributed by atoms with Crippen LogP contribution in [0.15, 0.2) is 18.3 Å². The van der Waals surface area contributed by atoms with E-state index >= 15 is 0 Å². The normalized spacial score (nSPS) is 20.6. The van der Waals surface area contributed by atoms with Gasteiger partial charge in [0.1, 0.15) is 5.82 Å². The Bertz CT molecular complexity index is 356. The highest BCUT2D eigenvalue weighted by molar-refractivity contribution is 7.99. The molecule has 1 atom stereocenters. The third-order valence-electron chi connectivity index (χ3n) is 3.05. The highest BCUT2D eigenvalue weighted by atomic mass is 32.2. The van der Waals surface area contributed by atoms with E-state index in [0.717, 1.165) is 25.5 Å². The lowest BCUT2D eigenvalue weighted by atomic mass is 10.2. The molecule has 1 aromatic heterocycles. The van der Waals surface area contributed by atoms with Gasteiger partial charge in [-0.3, -0.25) is 0 Å². The summed E-state index contributed by atoms with van der Waals surface area (Å²) in [6.45, 7) is 7.47. The van der Waals surface area contributed by atoms with Gasteiger partial charge in [0.2, 0.25) is 0 Å². The summed E-state index contributed by atoms with van der Waals surface area (Å²) in [5, 5.41) is 3.36. The van der Waals surface area contributed by atoms with E-state index in [2.05, 4.69) is 41.2 Å².